The molecule has 2 fully saturated rings. The molecule has 0 aromatic heterocycles. The first-order chi connectivity index (χ1) is 4.88. The van der Waals surface area contributed by atoms with Crippen LogP contribution in [0.15, 0.2) is 0 Å². The van der Waals surface area contributed by atoms with Gasteiger partial charge in [0.2, 0.25) is 0 Å². The molecule has 0 bridgehead atoms. The summed E-state index contributed by atoms with van der Waals surface area (Å²) in [7, 11) is 0. The summed E-state index contributed by atoms with van der Waals surface area (Å²) in [5.74, 6) is 1.41. The van der Waals surface area contributed by atoms with E-state index in [1.54, 1.807) is 0 Å². The van der Waals surface area contributed by atoms with Gasteiger partial charge >= 0.3 is 0 Å². The zero-order valence-electron chi connectivity index (χ0n) is 6.38. The summed E-state index contributed by atoms with van der Waals surface area (Å²) in [4.78, 5) is 0. The average molecular weight is 139 g/mol. The van der Waals surface area contributed by atoms with Crippen LogP contribution in [0.4, 0.5) is 0 Å². The van der Waals surface area contributed by atoms with Crippen LogP contribution in [0.5, 0.6) is 0 Å². The van der Waals surface area contributed by atoms with E-state index in [0.29, 0.717) is 5.92 Å². The molecule has 1 heteroatoms. The highest BCUT2D eigenvalue weighted by molar-refractivity contribution is 4.86. The van der Waals surface area contributed by atoms with Crippen LogP contribution in [0.1, 0.15) is 38.5 Å². The SMILES string of the molecule is [O]C1CCC2CCCCC12. The van der Waals surface area contributed by atoms with Crippen LogP contribution in [0, 0.1) is 11.8 Å². The molecule has 2 aliphatic rings. The van der Waals surface area contributed by atoms with Crippen molar-refractivity contribution >= 4 is 0 Å². The van der Waals surface area contributed by atoms with Crippen molar-refractivity contribution < 1.29 is 5.11 Å². The molecule has 1 radical (unpaired) electrons. The van der Waals surface area contributed by atoms with Crippen LogP contribution < -0.4 is 0 Å². The van der Waals surface area contributed by atoms with E-state index in [2.05, 4.69) is 0 Å². The highest BCUT2D eigenvalue weighted by Crippen LogP contribution is 2.42. The fourth-order valence-corrected chi connectivity index (χ4v) is 2.68. The Morgan fingerprint density at radius 2 is 1.70 bits per heavy atom. The van der Waals surface area contributed by atoms with E-state index in [9.17, 15) is 5.11 Å². The average Bonchev–Trinajstić information content (AvgIpc) is 2.34. The van der Waals surface area contributed by atoms with Gasteiger partial charge in [0.1, 0.15) is 0 Å². The van der Waals surface area contributed by atoms with Gasteiger partial charge < -0.3 is 0 Å². The third kappa shape index (κ3) is 0.968. The smallest absolute Gasteiger partial charge is 0.0960 e. The third-order valence-corrected chi connectivity index (χ3v) is 3.27. The Morgan fingerprint density at radius 3 is 2.50 bits per heavy atom. The predicted molar refractivity (Wildman–Crippen MR) is 39.2 cm³/mol. The molecule has 0 saturated heterocycles. The molecule has 3 unspecified atom stereocenters. The lowest BCUT2D eigenvalue weighted by Gasteiger charge is -2.25. The molecular formula is C9H15O. The van der Waals surface area contributed by atoms with E-state index < -0.39 is 0 Å². The second-order valence-corrected chi connectivity index (χ2v) is 3.82. The van der Waals surface area contributed by atoms with Gasteiger partial charge in [-0.25, -0.2) is 5.11 Å². The second kappa shape index (κ2) is 2.54. The van der Waals surface area contributed by atoms with Gasteiger partial charge in [-0.05, 0) is 31.1 Å². The first kappa shape index (κ1) is 6.66. The maximum absolute atomic E-state index is 11.3. The van der Waals surface area contributed by atoms with Crippen molar-refractivity contribution in [3.63, 3.8) is 0 Å². The molecule has 2 aliphatic carbocycles. The molecule has 0 N–H and O–H groups in total. The molecule has 0 spiro atoms. The van der Waals surface area contributed by atoms with Crippen molar-refractivity contribution in [1.82, 2.24) is 0 Å². The summed E-state index contributed by atoms with van der Waals surface area (Å²) in [6, 6.07) is 0. The summed E-state index contributed by atoms with van der Waals surface area (Å²) in [6.07, 6.45) is 7.30. The molecule has 0 aromatic rings. The summed E-state index contributed by atoms with van der Waals surface area (Å²) in [5.41, 5.74) is 0. The van der Waals surface area contributed by atoms with Crippen LogP contribution in [0.25, 0.3) is 0 Å². The van der Waals surface area contributed by atoms with Crippen molar-refractivity contribution in [3.8, 4) is 0 Å². The Balaban J connectivity index is 2.01. The van der Waals surface area contributed by atoms with Gasteiger partial charge in [0.05, 0.1) is 6.10 Å². The minimum atomic E-state index is -0.190. The highest BCUT2D eigenvalue weighted by atomic mass is 16.3. The molecule has 2 saturated carbocycles. The van der Waals surface area contributed by atoms with Crippen molar-refractivity contribution in [2.75, 3.05) is 0 Å². The molecular weight excluding hydrogens is 124 g/mol. The van der Waals surface area contributed by atoms with Gasteiger partial charge in [-0.1, -0.05) is 19.3 Å². The molecule has 0 aliphatic heterocycles. The van der Waals surface area contributed by atoms with E-state index >= 15 is 0 Å². The maximum Gasteiger partial charge on any atom is 0.0960 e. The van der Waals surface area contributed by atoms with Crippen LogP contribution in [0.3, 0.4) is 0 Å². The second-order valence-electron chi connectivity index (χ2n) is 3.82. The Hall–Kier alpha value is -0.0400. The summed E-state index contributed by atoms with van der Waals surface area (Å²) < 4.78 is 0. The molecule has 0 amide bonds. The van der Waals surface area contributed by atoms with Crippen LogP contribution >= 0.6 is 0 Å². The first-order valence-electron chi connectivity index (χ1n) is 4.54. The first-order valence-corrected chi connectivity index (χ1v) is 4.54. The van der Waals surface area contributed by atoms with Gasteiger partial charge in [0.25, 0.3) is 0 Å². The lowest BCUT2D eigenvalue weighted by atomic mass is 9.81. The molecule has 2 rings (SSSR count). The van der Waals surface area contributed by atoms with E-state index in [4.69, 9.17) is 0 Å². The minimum Gasteiger partial charge on any atom is -0.233 e. The van der Waals surface area contributed by atoms with E-state index in [1.807, 2.05) is 0 Å². The van der Waals surface area contributed by atoms with Crippen LogP contribution in [0.2, 0.25) is 0 Å². The summed E-state index contributed by atoms with van der Waals surface area (Å²) in [5, 5.41) is 11.3. The lowest BCUT2D eigenvalue weighted by Crippen LogP contribution is -2.21. The zero-order chi connectivity index (χ0) is 6.97. The Bertz CT molecular complexity index is 120. The Morgan fingerprint density at radius 1 is 0.900 bits per heavy atom. The number of hydrogen-bond donors (Lipinski definition) is 0. The quantitative estimate of drug-likeness (QED) is 0.491. The molecule has 10 heavy (non-hydrogen) atoms. The standard InChI is InChI=1S/C9H15O/c10-9-6-5-7-3-1-2-4-8(7)9/h7-9H,1-6H2. The van der Waals surface area contributed by atoms with E-state index in [0.717, 1.165) is 12.3 Å². The zero-order valence-corrected chi connectivity index (χ0v) is 6.38. The summed E-state index contributed by atoms with van der Waals surface area (Å²) >= 11 is 0. The van der Waals surface area contributed by atoms with Gasteiger partial charge in [0, 0.05) is 0 Å². The Labute approximate surface area is 62.4 Å². The number of hydrogen-bond acceptors (Lipinski definition) is 0. The van der Waals surface area contributed by atoms with Gasteiger partial charge in [-0.3, -0.25) is 0 Å². The fraction of sp³-hybridized carbons (Fsp3) is 1.00. The predicted octanol–water partition coefficient (Wildman–Crippen LogP) is 2.39. The van der Waals surface area contributed by atoms with Gasteiger partial charge in [-0.2, -0.15) is 0 Å². The van der Waals surface area contributed by atoms with E-state index in [-0.39, 0.29) is 6.10 Å². The normalized spacial score (nSPS) is 47.1. The van der Waals surface area contributed by atoms with Crippen molar-refractivity contribution in [2.24, 2.45) is 11.8 Å². The molecule has 57 valence electrons. The van der Waals surface area contributed by atoms with Crippen LogP contribution in [-0.2, 0) is 5.11 Å². The largest absolute Gasteiger partial charge is 0.233 e. The topological polar surface area (TPSA) is 19.9 Å². The Kier molecular flexibility index (Phi) is 1.69. The fourth-order valence-electron chi connectivity index (χ4n) is 2.68. The minimum absolute atomic E-state index is 0.190. The van der Waals surface area contributed by atoms with Crippen LogP contribution in [-0.4, -0.2) is 6.10 Å². The number of fused-ring (bicyclic) bond motifs is 1. The lowest BCUT2D eigenvalue weighted by molar-refractivity contribution is 0.0335. The summed E-state index contributed by atoms with van der Waals surface area (Å²) in [6.45, 7) is 0. The van der Waals surface area contributed by atoms with E-state index in [1.165, 1.54) is 32.1 Å². The van der Waals surface area contributed by atoms with Crippen molar-refractivity contribution in [2.45, 2.75) is 44.6 Å². The number of rotatable bonds is 0. The van der Waals surface area contributed by atoms with Gasteiger partial charge in [-0.15, -0.1) is 0 Å². The molecule has 0 aromatic carbocycles. The van der Waals surface area contributed by atoms with Gasteiger partial charge in [0.15, 0.2) is 0 Å². The third-order valence-electron chi connectivity index (χ3n) is 3.27. The maximum atomic E-state index is 11.3. The van der Waals surface area contributed by atoms with Crippen molar-refractivity contribution in [3.05, 3.63) is 0 Å². The highest BCUT2D eigenvalue weighted by Gasteiger charge is 2.36. The molecule has 0 heterocycles. The monoisotopic (exact) mass is 139 g/mol. The van der Waals surface area contributed by atoms with Crippen molar-refractivity contribution in [1.29, 1.82) is 0 Å². The molecule has 1 nitrogen and oxygen atoms in total. The molecule has 3 atom stereocenters.